The Balaban J connectivity index is 1.56. The van der Waals surface area contributed by atoms with E-state index in [1.54, 1.807) is 6.08 Å². The number of esters is 1. The number of likely N-dealkylation sites (tertiary alicyclic amines) is 1. The van der Waals surface area contributed by atoms with Crippen LogP contribution in [0.15, 0.2) is 23.3 Å². The van der Waals surface area contributed by atoms with Crippen molar-refractivity contribution < 1.29 is 14.3 Å². The fourth-order valence-corrected chi connectivity index (χ4v) is 5.30. The summed E-state index contributed by atoms with van der Waals surface area (Å²) in [5.74, 6) is 0.994. The third-order valence-corrected chi connectivity index (χ3v) is 7.06. The molecule has 4 atom stereocenters. The Morgan fingerprint density at radius 2 is 1.96 bits per heavy atom. The van der Waals surface area contributed by atoms with Crippen LogP contribution in [0.2, 0.25) is 0 Å². The maximum absolute atomic E-state index is 12.7. The standard InChI is InChI=1S/C21H29NO3/c1-13-6-10-22(11-7-13)12-16-15-4-8-21(3)9-5-17(23)14(2)18(21)19(15)25-20(16)24/h5,9,13,15-16,19H,4,6-8,10-12H2,1-3H3/t15-,16+,19+,21+/m0/s1. The molecular weight excluding hydrogens is 314 g/mol. The number of hydrogen-bond acceptors (Lipinski definition) is 4. The van der Waals surface area contributed by atoms with Crippen molar-refractivity contribution in [1.29, 1.82) is 0 Å². The Bertz CT molecular complexity index is 656. The maximum atomic E-state index is 12.7. The molecule has 0 radical (unpaired) electrons. The fraction of sp³-hybridized carbons (Fsp3) is 0.714. The second-order valence-electron chi connectivity index (χ2n) is 8.80. The summed E-state index contributed by atoms with van der Waals surface area (Å²) in [6, 6.07) is 0. The van der Waals surface area contributed by atoms with E-state index in [0.717, 1.165) is 49.5 Å². The van der Waals surface area contributed by atoms with Crippen LogP contribution < -0.4 is 0 Å². The van der Waals surface area contributed by atoms with Gasteiger partial charge in [-0.05, 0) is 63.3 Å². The molecule has 0 aromatic rings. The lowest BCUT2D eigenvalue weighted by atomic mass is 9.61. The fourth-order valence-electron chi connectivity index (χ4n) is 5.30. The van der Waals surface area contributed by atoms with Gasteiger partial charge in [-0.1, -0.05) is 19.9 Å². The Morgan fingerprint density at radius 1 is 1.24 bits per heavy atom. The van der Waals surface area contributed by atoms with E-state index in [9.17, 15) is 9.59 Å². The van der Waals surface area contributed by atoms with Crippen molar-refractivity contribution in [2.45, 2.75) is 52.6 Å². The van der Waals surface area contributed by atoms with Crippen molar-refractivity contribution in [2.75, 3.05) is 19.6 Å². The molecule has 4 nitrogen and oxygen atoms in total. The van der Waals surface area contributed by atoms with Gasteiger partial charge in [0.25, 0.3) is 0 Å². The number of ether oxygens (including phenoxy) is 1. The quantitative estimate of drug-likeness (QED) is 0.723. The number of fused-ring (bicyclic) bond motifs is 3. The minimum Gasteiger partial charge on any atom is -0.457 e. The van der Waals surface area contributed by atoms with E-state index in [0.29, 0.717) is 0 Å². The molecule has 2 heterocycles. The summed E-state index contributed by atoms with van der Waals surface area (Å²) in [4.78, 5) is 27.3. The van der Waals surface area contributed by atoms with Crippen molar-refractivity contribution >= 4 is 11.8 Å². The van der Waals surface area contributed by atoms with Crippen LogP contribution in [0.25, 0.3) is 0 Å². The zero-order valence-electron chi connectivity index (χ0n) is 15.6. The number of allylic oxidation sites excluding steroid dienone is 3. The first kappa shape index (κ1) is 17.0. The van der Waals surface area contributed by atoms with Crippen molar-refractivity contribution in [2.24, 2.45) is 23.2 Å². The molecule has 25 heavy (non-hydrogen) atoms. The number of carbonyl (C=O) groups excluding carboxylic acids is 2. The molecule has 3 fully saturated rings. The first-order chi connectivity index (χ1) is 11.9. The van der Waals surface area contributed by atoms with E-state index in [1.807, 2.05) is 13.0 Å². The Hall–Kier alpha value is -1.42. The van der Waals surface area contributed by atoms with Crippen LogP contribution in [0.5, 0.6) is 0 Å². The molecule has 0 N–H and O–H groups in total. The molecule has 0 aromatic heterocycles. The van der Waals surface area contributed by atoms with Gasteiger partial charge < -0.3 is 9.64 Å². The highest BCUT2D eigenvalue weighted by Crippen LogP contribution is 2.53. The summed E-state index contributed by atoms with van der Waals surface area (Å²) in [5.41, 5.74) is 1.73. The highest BCUT2D eigenvalue weighted by Gasteiger charge is 2.54. The molecular formula is C21H29NO3. The second kappa shape index (κ2) is 6.08. The SMILES string of the molecule is CC1=C2[C@@H]3OC(=O)[C@H](CN4CCC(C)CC4)[C@@H]3CC[C@]2(C)C=CC1=O. The number of piperidine rings is 1. The lowest BCUT2D eigenvalue weighted by molar-refractivity contribution is -0.144. The number of ketones is 1. The van der Waals surface area contributed by atoms with Gasteiger partial charge in [-0.15, -0.1) is 0 Å². The van der Waals surface area contributed by atoms with Crippen molar-refractivity contribution in [3.05, 3.63) is 23.3 Å². The second-order valence-corrected chi connectivity index (χ2v) is 8.80. The summed E-state index contributed by atoms with van der Waals surface area (Å²) in [5, 5.41) is 0. The van der Waals surface area contributed by atoms with Crippen LogP contribution in [0.3, 0.4) is 0 Å². The molecule has 1 saturated carbocycles. The number of nitrogens with zero attached hydrogens (tertiary/aromatic N) is 1. The van der Waals surface area contributed by atoms with Gasteiger partial charge in [0.05, 0.1) is 5.92 Å². The minimum atomic E-state index is -0.200. The highest BCUT2D eigenvalue weighted by atomic mass is 16.6. The molecule has 2 aliphatic heterocycles. The molecule has 0 unspecified atom stereocenters. The lowest BCUT2D eigenvalue weighted by Crippen LogP contribution is -2.43. The summed E-state index contributed by atoms with van der Waals surface area (Å²) in [7, 11) is 0. The van der Waals surface area contributed by atoms with Crippen LogP contribution in [0.1, 0.15) is 46.5 Å². The molecule has 0 bridgehead atoms. The molecule has 136 valence electrons. The predicted molar refractivity (Wildman–Crippen MR) is 95.9 cm³/mol. The molecule has 0 spiro atoms. The average Bonchev–Trinajstić information content (AvgIpc) is 2.89. The number of hydrogen-bond donors (Lipinski definition) is 0. The number of carbonyl (C=O) groups is 2. The van der Waals surface area contributed by atoms with E-state index < -0.39 is 0 Å². The van der Waals surface area contributed by atoms with Crippen LogP contribution in [-0.2, 0) is 14.3 Å². The topological polar surface area (TPSA) is 46.6 Å². The Morgan fingerprint density at radius 3 is 2.68 bits per heavy atom. The van der Waals surface area contributed by atoms with Crippen LogP contribution in [0, 0.1) is 23.2 Å². The summed E-state index contributed by atoms with van der Waals surface area (Å²) < 4.78 is 5.88. The van der Waals surface area contributed by atoms with Gasteiger partial charge >= 0.3 is 5.97 Å². The van der Waals surface area contributed by atoms with Crippen molar-refractivity contribution in [1.82, 2.24) is 4.90 Å². The zero-order valence-corrected chi connectivity index (χ0v) is 15.6. The Kier molecular flexibility index (Phi) is 4.14. The van der Waals surface area contributed by atoms with Gasteiger partial charge in [0.15, 0.2) is 5.78 Å². The number of rotatable bonds is 2. The monoisotopic (exact) mass is 343 g/mol. The van der Waals surface area contributed by atoms with E-state index >= 15 is 0 Å². The molecule has 0 aromatic carbocycles. The van der Waals surface area contributed by atoms with Gasteiger partial charge in [-0.2, -0.15) is 0 Å². The van der Waals surface area contributed by atoms with Gasteiger partial charge in [-0.3, -0.25) is 9.59 Å². The molecule has 4 aliphatic rings. The van der Waals surface area contributed by atoms with Crippen molar-refractivity contribution in [3.8, 4) is 0 Å². The van der Waals surface area contributed by atoms with Gasteiger partial charge in [0.2, 0.25) is 0 Å². The molecule has 2 saturated heterocycles. The first-order valence-corrected chi connectivity index (χ1v) is 9.77. The smallest absolute Gasteiger partial charge is 0.311 e. The van der Waals surface area contributed by atoms with Gasteiger partial charge in [-0.25, -0.2) is 0 Å². The molecule has 2 aliphatic carbocycles. The summed E-state index contributed by atoms with van der Waals surface area (Å²) >= 11 is 0. The summed E-state index contributed by atoms with van der Waals surface area (Å²) in [6.45, 7) is 9.38. The van der Waals surface area contributed by atoms with Crippen LogP contribution >= 0.6 is 0 Å². The zero-order chi connectivity index (χ0) is 17.8. The van der Waals surface area contributed by atoms with Gasteiger partial charge in [0, 0.05) is 23.5 Å². The van der Waals surface area contributed by atoms with Crippen molar-refractivity contribution in [3.63, 3.8) is 0 Å². The summed E-state index contributed by atoms with van der Waals surface area (Å²) in [6.07, 6.45) is 7.96. The van der Waals surface area contributed by atoms with E-state index in [1.165, 1.54) is 12.8 Å². The first-order valence-electron chi connectivity index (χ1n) is 9.77. The molecule has 4 heteroatoms. The normalized spacial score (nSPS) is 39.4. The minimum absolute atomic E-state index is 0.0377. The Labute approximate surface area is 150 Å². The van der Waals surface area contributed by atoms with E-state index in [4.69, 9.17) is 4.74 Å². The molecule has 4 rings (SSSR count). The average molecular weight is 343 g/mol. The van der Waals surface area contributed by atoms with Gasteiger partial charge in [0.1, 0.15) is 6.10 Å². The maximum Gasteiger partial charge on any atom is 0.311 e. The van der Waals surface area contributed by atoms with E-state index in [2.05, 4.69) is 18.7 Å². The van der Waals surface area contributed by atoms with E-state index in [-0.39, 0.29) is 35.1 Å². The predicted octanol–water partition coefficient (Wildman–Crippen LogP) is 3.13. The van der Waals surface area contributed by atoms with Crippen LogP contribution in [0.4, 0.5) is 0 Å². The van der Waals surface area contributed by atoms with Crippen LogP contribution in [-0.4, -0.2) is 42.4 Å². The largest absolute Gasteiger partial charge is 0.457 e. The lowest BCUT2D eigenvalue weighted by Gasteiger charge is -2.43. The third kappa shape index (κ3) is 2.79. The highest BCUT2D eigenvalue weighted by molar-refractivity contribution is 6.05. The third-order valence-electron chi connectivity index (χ3n) is 7.06. The molecule has 0 amide bonds.